The third kappa shape index (κ3) is 5.72. The minimum atomic E-state index is -0.983. The highest BCUT2D eigenvalue weighted by molar-refractivity contribution is 5.90. The lowest BCUT2D eigenvalue weighted by atomic mass is 9.85. The van der Waals surface area contributed by atoms with E-state index in [2.05, 4.69) is 25.5 Å². The van der Waals surface area contributed by atoms with E-state index < -0.39 is 29.1 Å². The van der Waals surface area contributed by atoms with Crippen LogP contribution in [0.4, 0.5) is 14.7 Å². The van der Waals surface area contributed by atoms with Gasteiger partial charge in [-0.3, -0.25) is 9.59 Å². The van der Waals surface area contributed by atoms with Crippen LogP contribution in [0.5, 0.6) is 5.75 Å². The van der Waals surface area contributed by atoms with Gasteiger partial charge in [0.2, 0.25) is 17.8 Å². The van der Waals surface area contributed by atoms with E-state index in [-0.39, 0.29) is 42.2 Å². The SMILES string of the molecule is CN[C@@H](C)C(=O)NC(C(=O)N1CC[C@@H]2[C@H]1[C@@H](COc1ccc(F)c(F)c1)CN2c1ncccn1)C(C)(C)C. The second kappa shape index (κ2) is 11.2. The number of nitrogens with one attached hydrogen (secondary N) is 2. The standard InChI is InChI=1S/C27H36F2N6O3/c1-16(30-5)24(36)33-23(27(2,3)4)25(37)34-12-9-21-22(34)17(14-35(21)26-31-10-6-11-32-26)15-38-18-7-8-19(28)20(29)13-18/h6-8,10-11,13,16-17,21-23,30H,9,12,14-15H2,1-5H3,(H,33,36)/t16-,17+,21+,22+,23?/m0/s1. The molecule has 2 fully saturated rings. The summed E-state index contributed by atoms with van der Waals surface area (Å²) in [7, 11) is 1.69. The Morgan fingerprint density at radius 1 is 1.18 bits per heavy atom. The van der Waals surface area contributed by atoms with Gasteiger partial charge in [-0.05, 0) is 44.0 Å². The molecule has 0 aliphatic carbocycles. The summed E-state index contributed by atoms with van der Waals surface area (Å²) in [6.45, 7) is 8.73. The van der Waals surface area contributed by atoms with Crippen LogP contribution in [0.1, 0.15) is 34.1 Å². The molecule has 1 unspecified atom stereocenters. The zero-order valence-electron chi connectivity index (χ0n) is 22.4. The Labute approximate surface area is 222 Å². The second-order valence-corrected chi connectivity index (χ2v) is 11.0. The minimum Gasteiger partial charge on any atom is -0.493 e. The predicted octanol–water partition coefficient (Wildman–Crippen LogP) is 2.38. The minimum absolute atomic E-state index is 0.0487. The van der Waals surface area contributed by atoms with Crippen molar-refractivity contribution >= 4 is 17.8 Å². The molecule has 2 aliphatic heterocycles. The van der Waals surface area contributed by atoms with Gasteiger partial charge in [0, 0.05) is 37.5 Å². The Morgan fingerprint density at radius 3 is 2.53 bits per heavy atom. The highest BCUT2D eigenvalue weighted by Gasteiger charge is 2.53. The summed E-state index contributed by atoms with van der Waals surface area (Å²) in [5.41, 5.74) is -0.531. The molecule has 9 nitrogen and oxygen atoms in total. The lowest BCUT2D eigenvalue weighted by Crippen LogP contribution is -2.59. The Hall–Kier alpha value is -3.34. The zero-order valence-corrected chi connectivity index (χ0v) is 22.4. The van der Waals surface area contributed by atoms with Crippen molar-refractivity contribution in [1.29, 1.82) is 0 Å². The number of carbonyl (C=O) groups is 2. The first-order valence-corrected chi connectivity index (χ1v) is 12.9. The van der Waals surface area contributed by atoms with Gasteiger partial charge in [0.25, 0.3) is 0 Å². The molecule has 2 amide bonds. The number of likely N-dealkylation sites (tertiary alicyclic amines) is 1. The molecule has 1 aromatic heterocycles. The van der Waals surface area contributed by atoms with Gasteiger partial charge in [0.15, 0.2) is 11.6 Å². The van der Waals surface area contributed by atoms with Gasteiger partial charge in [-0.1, -0.05) is 20.8 Å². The number of fused-ring (bicyclic) bond motifs is 1. The predicted molar refractivity (Wildman–Crippen MR) is 139 cm³/mol. The molecule has 4 rings (SSSR count). The Morgan fingerprint density at radius 2 is 1.89 bits per heavy atom. The number of likely N-dealkylation sites (N-methyl/N-ethyl adjacent to an activating group) is 1. The van der Waals surface area contributed by atoms with Crippen molar-refractivity contribution < 1.29 is 23.1 Å². The average molecular weight is 531 g/mol. The lowest BCUT2D eigenvalue weighted by molar-refractivity contribution is -0.141. The number of rotatable bonds is 8. The van der Waals surface area contributed by atoms with Crippen LogP contribution in [0.3, 0.4) is 0 Å². The first-order valence-electron chi connectivity index (χ1n) is 12.9. The number of amides is 2. The monoisotopic (exact) mass is 530 g/mol. The number of ether oxygens (including phenoxy) is 1. The number of halogens is 2. The maximum atomic E-state index is 14.0. The molecule has 3 heterocycles. The molecular formula is C27H36F2N6O3. The Balaban J connectivity index is 1.60. The molecule has 5 atom stereocenters. The third-order valence-electron chi connectivity index (χ3n) is 7.41. The number of anilines is 1. The average Bonchev–Trinajstić information content (AvgIpc) is 3.48. The van der Waals surface area contributed by atoms with E-state index in [1.807, 2.05) is 25.7 Å². The van der Waals surface area contributed by atoms with Gasteiger partial charge in [-0.25, -0.2) is 18.7 Å². The van der Waals surface area contributed by atoms with Gasteiger partial charge in [-0.2, -0.15) is 0 Å². The number of benzene rings is 1. The molecule has 38 heavy (non-hydrogen) atoms. The molecule has 0 radical (unpaired) electrons. The molecular weight excluding hydrogens is 494 g/mol. The summed E-state index contributed by atoms with van der Waals surface area (Å²) >= 11 is 0. The number of aromatic nitrogens is 2. The van der Waals surface area contributed by atoms with Gasteiger partial charge in [0.05, 0.1) is 24.7 Å². The second-order valence-electron chi connectivity index (χ2n) is 11.0. The third-order valence-corrected chi connectivity index (χ3v) is 7.41. The van der Waals surface area contributed by atoms with Crippen molar-refractivity contribution in [3.8, 4) is 5.75 Å². The van der Waals surface area contributed by atoms with Crippen LogP contribution in [0.25, 0.3) is 0 Å². The van der Waals surface area contributed by atoms with Crippen molar-refractivity contribution in [3.63, 3.8) is 0 Å². The first-order chi connectivity index (χ1) is 18.0. The van der Waals surface area contributed by atoms with Crippen LogP contribution in [-0.2, 0) is 9.59 Å². The van der Waals surface area contributed by atoms with E-state index in [4.69, 9.17) is 4.74 Å². The fourth-order valence-corrected chi connectivity index (χ4v) is 5.26. The number of hydrogen-bond acceptors (Lipinski definition) is 7. The summed E-state index contributed by atoms with van der Waals surface area (Å²) in [6, 6.07) is 3.70. The molecule has 0 spiro atoms. The fourth-order valence-electron chi connectivity index (χ4n) is 5.26. The van der Waals surface area contributed by atoms with Crippen LogP contribution in [0.2, 0.25) is 0 Å². The van der Waals surface area contributed by atoms with Gasteiger partial charge in [-0.15, -0.1) is 0 Å². The number of carbonyl (C=O) groups excluding carboxylic acids is 2. The van der Waals surface area contributed by atoms with Gasteiger partial charge < -0.3 is 25.2 Å². The number of hydrogen-bond donors (Lipinski definition) is 2. The summed E-state index contributed by atoms with van der Waals surface area (Å²) in [5, 5.41) is 5.87. The fraction of sp³-hybridized carbons (Fsp3) is 0.556. The van der Waals surface area contributed by atoms with Crippen molar-refractivity contribution in [2.75, 3.05) is 31.6 Å². The van der Waals surface area contributed by atoms with Crippen LogP contribution >= 0.6 is 0 Å². The first kappa shape index (κ1) is 27.7. The largest absolute Gasteiger partial charge is 0.493 e. The van der Waals surface area contributed by atoms with E-state index >= 15 is 0 Å². The van der Waals surface area contributed by atoms with Crippen molar-refractivity contribution in [2.45, 2.75) is 58.3 Å². The lowest BCUT2D eigenvalue weighted by Gasteiger charge is -2.37. The topological polar surface area (TPSA) is 99.7 Å². The molecule has 0 bridgehead atoms. The summed E-state index contributed by atoms with van der Waals surface area (Å²) in [6.07, 6.45) is 4.05. The summed E-state index contributed by atoms with van der Waals surface area (Å²) in [5.74, 6) is -1.71. The molecule has 2 aliphatic rings. The van der Waals surface area contributed by atoms with Crippen molar-refractivity contribution in [2.24, 2.45) is 11.3 Å². The highest BCUT2D eigenvalue weighted by Crippen LogP contribution is 2.39. The van der Waals surface area contributed by atoms with E-state index in [9.17, 15) is 18.4 Å². The summed E-state index contributed by atoms with van der Waals surface area (Å²) in [4.78, 5) is 39.6. The molecule has 11 heteroatoms. The smallest absolute Gasteiger partial charge is 0.246 e. The van der Waals surface area contributed by atoms with E-state index in [0.29, 0.717) is 25.5 Å². The molecule has 2 aromatic rings. The van der Waals surface area contributed by atoms with Crippen LogP contribution in [-0.4, -0.2) is 77.6 Å². The van der Waals surface area contributed by atoms with Crippen molar-refractivity contribution in [1.82, 2.24) is 25.5 Å². The molecule has 2 saturated heterocycles. The van der Waals surface area contributed by atoms with Gasteiger partial charge >= 0.3 is 0 Å². The van der Waals surface area contributed by atoms with Crippen LogP contribution in [0, 0.1) is 23.0 Å². The highest BCUT2D eigenvalue weighted by atomic mass is 19.2. The molecule has 206 valence electrons. The van der Waals surface area contributed by atoms with Crippen LogP contribution < -0.4 is 20.3 Å². The van der Waals surface area contributed by atoms with Gasteiger partial charge in [0.1, 0.15) is 11.8 Å². The summed E-state index contributed by atoms with van der Waals surface area (Å²) < 4.78 is 33.1. The molecule has 1 aromatic carbocycles. The van der Waals surface area contributed by atoms with Crippen LogP contribution in [0.15, 0.2) is 36.7 Å². The Bertz CT molecular complexity index is 1150. The van der Waals surface area contributed by atoms with E-state index in [0.717, 1.165) is 12.1 Å². The number of nitrogens with zero attached hydrogens (tertiary/aromatic N) is 4. The normalized spacial score (nSPS) is 22.7. The maximum Gasteiger partial charge on any atom is 0.246 e. The zero-order chi connectivity index (χ0) is 27.6. The van der Waals surface area contributed by atoms with E-state index in [1.54, 1.807) is 32.4 Å². The quantitative estimate of drug-likeness (QED) is 0.541. The van der Waals surface area contributed by atoms with Crippen molar-refractivity contribution in [3.05, 3.63) is 48.3 Å². The maximum absolute atomic E-state index is 14.0. The molecule has 0 saturated carbocycles. The Kier molecular flexibility index (Phi) is 8.15. The van der Waals surface area contributed by atoms with E-state index in [1.165, 1.54) is 6.07 Å². The molecule has 2 N–H and O–H groups in total.